The average molecular weight is 99.1 g/mol. The zero-order chi connectivity index (χ0) is 5.70. The van der Waals surface area contributed by atoms with Gasteiger partial charge in [-0.15, -0.1) is 0 Å². The highest BCUT2D eigenvalue weighted by Crippen LogP contribution is 1.71. The van der Waals surface area contributed by atoms with Gasteiger partial charge in [-0.2, -0.15) is 0 Å². The summed E-state index contributed by atoms with van der Waals surface area (Å²) in [5.41, 5.74) is 5.64. The summed E-state index contributed by atoms with van der Waals surface area (Å²) in [5, 5.41) is 9.32. The van der Waals surface area contributed by atoms with Gasteiger partial charge in [0, 0.05) is 19.5 Å². The van der Waals surface area contributed by atoms with E-state index in [9.17, 15) is 0 Å². The molecule has 3 heteroatoms. The van der Waals surface area contributed by atoms with Crippen molar-refractivity contribution in [2.24, 2.45) is 5.73 Å². The average Bonchev–Trinajstić information content (AvgIpc) is 1.72. The highest BCUT2D eigenvalue weighted by molar-refractivity contribution is 5.74. The van der Waals surface area contributed by atoms with Gasteiger partial charge in [-0.1, -0.05) is 0 Å². The highest BCUT2D eigenvalue weighted by Gasteiger charge is 1.77. The molecule has 3 nitrogen and oxygen atoms in total. The molecule has 0 aliphatic rings. The van der Waals surface area contributed by atoms with E-state index in [1.807, 2.05) is 0 Å². The standard InChI is InChI=1S/C4H9N3/c1-7-4(2-5)3-6/h2-3,5,7H,6H2,1H3/b4-3+,5-2?. The summed E-state index contributed by atoms with van der Waals surface area (Å²) in [6, 6.07) is 0. The first kappa shape index (κ1) is 6.01. The molecule has 0 amide bonds. The van der Waals surface area contributed by atoms with Crippen LogP contribution in [0.25, 0.3) is 0 Å². The van der Waals surface area contributed by atoms with E-state index in [1.165, 1.54) is 6.20 Å². The van der Waals surface area contributed by atoms with Crippen LogP contribution in [-0.2, 0) is 0 Å². The summed E-state index contributed by atoms with van der Waals surface area (Å²) >= 11 is 0. The number of allylic oxidation sites excluding steroid dienone is 1. The lowest BCUT2D eigenvalue weighted by atomic mass is 10.5. The molecular formula is C4H9N3. The summed E-state index contributed by atoms with van der Waals surface area (Å²) in [6.45, 7) is 0. The SMILES string of the molecule is CN/C(C=N)=C/N. The second kappa shape index (κ2) is 3.21. The van der Waals surface area contributed by atoms with Crippen molar-refractivity contribution in [3.8, 4) is 0 Å². The molecule has 0 atom stereocenters. The number of nitrogens with one attached hydrogen (secondary N) is 2. The Morgan fingerprint density at radius 1 is 1.86 bits per heavy atom. The van der Waals surface area contributed by atoms with Crippen molar-refractivity contribution < 1.29 is 0 Å². The van der Waals surface area contributed by atoms with Crippen LogP contribution >= 0.6 is 0 Å². The van der Waals surface area contributed by atoms with Gasteiger partial charge in [-0.3, -0.25) is 0 Å². The van der Waals surface area contributed by atoms with Crippen LogP contribution in [0.2, 0.25) is 0 Å². The van der Waals surface area contributed by atoms with Crippen LogP contribution in [0.15, 0.2) is 11.9 Å². The van der Waals surface area contributed by atoms with E-state index in [0.717, 1.165) is 6.21 Å². The third kappa shape index (κ3) is 1.81. The molecule has 0 aromatic carbocycles. The molecule has 0 aliphatic carbocycles. The quantitative estimate of drug-likeness (QED) is 0.414. The van der Waals surface area contributed by atoms with Crippen LogP contribution in [-0.4, -0.2) is 13.3 Å². The van der Waals surface area contributed by atoms with Crippen LogP contribution in [0.4, 0.5) is 0 Å². The Hall–Kier alpha value is -0.990. The van der Waals surface area contributed by atoms with Gasteiger partial charge in [0.05, 0.1) is 5.70 Å². The molecule has 40 valence electrons. The van der Waals surface area contributed by atoms with Gasteiger partial charge in [0.15, 0.2) is 0 Å². The number of nitrogens with two attached hydrogens (primary N) is 1. The molecule has 0 fully saturated rings. The second-order valence-corrected chi connectivity index (χ2v) is 1.02. The van der Waals surface area contributed by atoms with Gasteiger partial charge in [0.2, 0.25) is 0 Å². The fourth-order valence-electron chi connectivity index (χ4n) is 0.204. The molecular weight excluding hydrogens is 90.1 g/mol. The minimum Gasteiger partial charge on any atom is -0.403 e. The largest absolute Gasteiger partial charge is 0.403 e. The molecule has 0 bridgehead atoms. The normalized spacial score (nSPS) is 10.7. The maximum atomic E-state index is 6.62. The third-order valence-electron chi connectivity index (χ3n) is 0.624. The number of hydrogen-bond acceptors (Lipinski definition) is 3. The van der Waals surface area contributed by atoms with Crippen molar-refractivity contribution in [3.05, 3.63) is 11.9 Å². The minimum atomic E-state index is 0.625. The van der Waals surface area contributed by atoms with Crippen molar-refractivity contribution in [2.45, 2.75) is 0 Å². The fraction of sp³-hybridized carbons (Fsp3) is 0.250. The molecule has 0 heterocycles. The van der Waals surface area contributed by atoms with Gasteiger partial charge in [-0.05, 0) is 0 Å². The summed E-state index contributed by atoms with van der Waals surface area (Å²) in [5.74, 6) is 0. The summed E-state index contributed by atoms with van der Waals surface area (Å²) in [7, 11) is 1.71. The van der Waals surface area contributed by atoms with Crippen LogP contribution < -0.4 is 11.1 Å². The lowest BCUT2D eigenvalue weighted by molar-refractivity contribution is 1.05. The molecule has 4 N–H and O–H groups in total. The Labute approximate surface area is 42.7 Å². The first-order valence-electron chi connectivity index (χ1n) is 1.95. The van der Waals surface area contributed by atoms with Gasteiger partial charge in [-0.25, -0.2) is 0 Å². The predicted octanol–water partition coefficient (Wildman–Crippen LogP) is -0.345. The van der Waals surface area contributed by atoms with E-state index in [4.69, 9.17) is 11.1 Å². The molecule has 0 aromatic heterocycles. The van der Waals surface area contributed by atoms with Gasteiger partial charge >= 0.3 is 0 Å². The van der Waals surface area contributed by atoms with E-state index in [0.29, 0.717) is 5.70 Å². The van der Waals surface area contributed by atoms with Crippen molar-refractivity contribution in [3.63, 3.8) is 0 Å². The summed E-state index contributed by atoms with van der Waals surface area (Å²) in [4.78, 5) is 0. The molecule has 0 unspecified atom stereocenters. The van der Waals surface area contributed by atoms with Gasteiger partial charge in [0.25, 0.3) is 0 Å². The van der Waals surface area contributed by atoms with Gasteiger partial charge in [0.1, 0.15) is 0 Å². The molecule has 0 radical (unpaired) electrons. The smallest absolute Gasteiger partial charge is 0.0673 e. The first-order chi connectivity index (χ1) is 3.35. The highest BCUT2D eigenvalue weighted by atomic mass is 14.8. The lowest BCUT2D eigenvalue weighted by Gasteiger charge is -1.92. The Balaban J connectivity index is 3.60. The Morgan fingerprint density at radius 3 is 2.43 bits per heavy atom. The zero-order valence-corrected chi connectivity index (χ0v) is 4.23. The lowest BCUT2D eigenvalue weighted by Crippen LogP contribution is -2.07. The first-order valence-corrected chi connectivity index (χ1v) is 1.95. The second-order valence-electron chi connectivity index (χ2n) is 1.02. The molecule has 0 spiro atoms. The van der Waals surface area contributed by atoms with E-state index >= 15 is 0 Å². The number of hydrogen-bond donors (Lipinski definition) is 3. The molecule has 0 aliphatic heterocycles. The number of rotatable bonds is 2. The minimum absolute atomic E-state index is 0.625. The van der Waals surface area contributed by atoms with Crippen molar-refractivity contribution in [1.29, 1.82) is 5.41 Å². The van der Waals surface area contributed by atoms with Crippen LogP contribution in [0.3, 0.4) is 0 Å². The van der Waals surface area contributed by atoms with Crippen LogP contribution in [0.5, 0.6) is 0 Å². The Morgan fingerprint density at radius 2 is 2.43 bits per heavy atom. The zero-order valence-electron chi connectivity index (χ0n) is 4.23. The third-order valence-corrected chi connectivity index (χ3v) is 0.624. The fourth-order valence-corrected chi connectivity index (χ4v) is 0.204. The molecule has 0 rings (SSSR count). The van der Waals surface area contributed by atoms with Crippen molar-refractivity contribution in [1.82, 2.24) is 5.32 Å². The van der Waals surface area contributed by atoms with Gasteiger partial charge < -0.3 is 16.5 Å². The molecule has 7 heavy (non-hydrogen) atoms. The van der Waals surface area contributed by atoms with Crippen molar-refractivity contribution >= 4 is 6.21 Å². The topological polar surface area (TPSA) is 61.9 Å². The van der Waals surface area contributed by atoms with Crippen molar-refractivity contribution in [2.75, 3.05) is 7.05 Å². The Bertz CT molecular complexity index is 84.9. The summed E-state index contributed by atoms with van der Waals surface area (Å²) < 4.78 is 0. The van der Waals surface area contributed by atoms with E-state index in [-0.39, 0.29) is 0 Å². The van der Waals surface area contributed by atoms with Crippen LogP contribution in [0, 0.1) is 5.41 Å². The molecule has 0 saturated heterocycles. The van der Waals surface area contributed by atoms with Crippen LogP contribution in [0.1, 0.15) is 0 Å². The van der Waals surface area contributed by atoms with E-state index < -0.39 is 0 Å². The monoisotopic (exact) mass is 99.1 g/mol. The van der Waals surface area contributed by atoms with E-state index in [1.54, 1.807) is 7.05 Å². The molecule has 0 saturated carbocycles. The predicted molar refractivity (Wildman–Crippen MR) is 30.1 cm³/mol. The molecule has 0 aromatic rings. The maximum Gasteiger partial charge on any atom is 0.0673 e. The summed E-state index contributed by atoms with van der Waals surface area (Å²) in [6.07, 6.45) is 2.49. The maximum absolute atomic E-state index is 6.62. The van der Waals surface area contributed by atoms with E-state index in [2.05, 4.69) is 5.32 Å². The Kier molecular flexibility index (Phi) is 2.76.